The van der Waals surface area contributed by atoms with Crippen LogP contribution < -0.4 is 5.32 Å². The maximum atomic E-state index is 12.5. The van der Waals surface area contributed by atoms with E-state index in [1.165, 1.54) is 12.1 Å². The topological polar surface area (TPSA) is 108 Å². The predicted molar refractivity (Wildman–Crippen MR) is 99.8 cm³/mol. The first-order valence-corrected chi connectivity index (χ1v) is 8.49. The molecule has 1 amide bonds. The van der Waals surface area contributed by atoms with Crippen LogP contribution in [0.3, 0.4) is 0 Å². The van der Waals surface area contributed by atoms with Crippen molar-refractivity contribution in [1.82, 2.24) is 19.6 Å². The van der Waals surface area contributed by atoms with E-state index in [4.69, 9.17) is 0 Å². The minimum atomic E-state index is -0.497. The maximum Gasteiger partial charge on any atom is 0.273 e. The lowest BCUT2D eigenvalue weighted by Crippen LogP contribution is -2.13. The van der Waals surface area contributed by atoms with Crippen LogP contribution in [0, 0.1) is 24.0 Å². The van der Waals surface area contributed by atoms with E-state index in [0.29, 0.717) is 17.8 Å². The van der Waals surface area contributed by atoms with Gasteiger partial charge in [-0.05, 0) is 26.8 Å². The summed E-state index contributed by atoms with van der Waals surface area (Å²) in [7, 11) is 0. The highest BCUT2D eigenvalue weighted by atomic mass is 16.6. The molecule has 9 heteroatoms. The third-order valence-corrected chi connectivity index (χ3v) is 4.47. The molecule has 9 nitrogen and oxygen atoms in total. The minimum absolute atomic E-state index is 0.0817. The summed E-state index contributed by atoms with van der Waals surface area (Å²) in [6.07, 6.45) is 5.07. The van der Waals surface area contributed by atoms with Crippen LogP contribution >= 0.6 is 0 Å². The number of carbonyl (C=O) groups is 1. The van der Waals surface area contributed by atoms with Crippen molar-refractivity contribution >= 4 is 17.3 Å². The Morgan fingerprint density at radius 1 is 1.26 bits per heavy atom. The number of hydrogen-bond donors (Lipinski definition) is 1. The predicted octanol–water partition coefficient (Wildman–Crippen LogP) is 2.93. The monoisotopic (exact) mass is 368 g/mol. The van der Waals surface area contributed by atoms with Crippen LogP contribution in [0.1, 0.15) is 34.1 Å². The zero-order valence-electron chi connectivity index (χ0n) is 15.3. The van der Waals surface area contributed by atoms with Gasteiger partial charge in [-0.25, -0.2) is 0 Å². The van der Waals surface area contributed by atoms with Crippen molar-refractivity contribution in [3.63, 3.8) is 0 Å². The molecular formula is C18H20N6O3. The van der Waals surface area contributed by atoms with Crippen molar-refractivity contribution in [2.45, 2.75) is 33.9 Å². The van der Waals surface area contributed by atoms with Crippen LogP contribution in [0.2, 0.25) is 0 Å². The number of amides is 1. The smallest absolute Gasteiger partial charge is 0.273 e. The molecule has 1 N–H and O–H groups in total. The Morgan fingerprint density at radius 2 is 2.04 bits per heavy atom. The molecule has 3 rings (SSSR count). The zero-order valence-corrected chi connectivity index (χ0v) is 15.3. The second kappa shape index (κ2) is 7.40. The van der Waals surface area contributed by atoms with Crippen LogP contribution in [0.15, 0.2) is 36.8 Å². The van der Waals surface area contributed by atoms with Crippen molar-refractivity contribution in [3.05, 3.63) is 69.3 Å². The molecule has 0 saturated carbocycles. The molecule has 0 unspecified atom stereocenters. The standard InChI is InChI=1S/C18H20N6O3/c1-4-23-13(3)14(8-20-23)10-22-11-15(9-19-22)21-18(25)16-6-5-7-17(12(16)2)24(26)27/h5-9,11H,4,10H2,1-3H3,(H,21,25). The summed E-state index contributed by atoms with van der Waals surface area (Å²) in [6.45, 7) is 6.93. The molecule has 0 fully saturated rings. The molecular weight excluding hydrogens is 348 g/mol. The van der Waals surface area contributed by atoms with Crippen molar-refractivity contribution < 1.29 is 9.72 Å². The Hall–Kier alpha value is -3.49. The Morgan fingerprint density at radius 3 is 2.70 bits per heavy atom. The number of rotatable bonds is 6. The van der Waals surface area contributed by atoms with E-state index >= 15 is 0 Å². The average molecular weight is 368 g/mol. The molecule has 27 heavy (non-hydrogen) atoms. The molecule has 140 valence electrons. The molecule has 2 heterocycles. The van der Waals surface area contributed by atoms with E-state index in [-0.39, 0.29) is 11.3 Å². The molecule has 0 aliphatic carbocycles. The summed E-state index contributed by atoms with van der Waals surface area (Å²) in [4.78, 5) is 23.0. The summed E-state index contributed by atoms with van der Waals surface area (Å²) >= 11 is 0. The van der Waals surface area contributed by atoms with Gasteiger partial charge in [0.05, 0.1) is 29.5 Å². The van der Waals surface area contributed by atoms with Gasteiger partial charge in [0.15, 0.2) is 0 Å². The van der Waals surface area contributed by atoms with E-state index in [0.717, 1.165) is 17.8 Å². The quantitative estimate of drug-likeness (QED) is 0.532. The first kappa shape index (κ1) is 18.3. The fraction of sp³-hybridized carbons (Fsp3) is 0.278. The number of nitro benzene ring substituents is 1. The van der Waals surface area contributed by atoms with Crippen molar-refractivity contribution in [3.8, 4) is 0 Å². The number of hydrogen-bond acceptors (Lipinski definition) is 5. The number of carbonyl (C=O) groups excluding carboxylic acids is 1. The molecule has 0 aliphatic rings. The number of anilines is 1. The molecule has 3 aromatic rings. The lowest BCUT2D eigenvalue weighted by molar-refractivity contribution is -0.385. The Kier molecular flexibility index (Phi) is 5.02. The van der Waals surface area contributed by atoms with E-state index in [1.807, 2.05) is 24.7 Å². The van der Waals surface area contributed by atoms with Gasteiger partial charge in [-0.2, -0.15) is 10.2 Å². The van der Waals surface area contributed by atoms with Gasteiger partial charge >= 0.3 is 0 Å². The average Bonchev–Trinajstić information content (AvgIpc) is 3.22. The molecule has 0 spiro atoms. The zero-order chi connectivity index (χ0) is 19.6. The van der Waals surface area contributed by atoms with Gasteiger partial charge in [-0.1, -0.05) is 6.07 Å². The third-order valence-electron chi connectivity index (χ3n) is 4.47. The van der Waals surface area contributed by atoms with Crippen LogP contribution in [0.4, 0.5) is 11.4 Å². The Bertz CT molecular complexity index is 1000. The van der Waals surface area contributed by atoms with Gasteiger partial charge in [0.25, 0.3) is 11.6 Å². The molecule has 0 saturated heterocycles. The van der Waals surface area contributed by atoms with Gasteiger partial charge in [0, 0.05) is 41.2 Å². The summed E-state index contributed by atoms with van der Waals surface area (Å²) in [5.41, 5.74) is 3.15. The lowest BCUT2D eigenvalue weighted by atomic mass is 10.1. The van der Waals surface area contributed by atoms with Gasteiger partial charge in [0.1, 0.15) is 0 Å². The Balaban J connectivity index is 1.74. The summed E-state index contributed by atoms with van der Waals surface area (Å²) in [5.74, 6) is -0.411. The van der Waals surface area contributed by atoms with E-state index in [9.17, 15) is 14.9 Å². The van der Waals surface area contributed by atoms with E-state index in [2.05, 4.69) is 15.5 Å². The highest BCUT2D eigenvalue weighted by Crippen LogP contribution is 2.22. The van der Waals surface area contributed by atoms with Crippen LogP contribution in [0.5, 0.6) is 0 Å². The molecule has 0 aliphatic heterocycles. The van der Waals surface area contributed by atoms with Crippen molar-refractivity contribution in [2.75, 3.05) is 5.32 Å². The highest BCUT2D eigenvalue weighted by molar-refractivity contribution is 6.05. The second-order valence-corrected chi connectivity index (χ2v) is 6.16. The SMILES string of the molecule is CCn1ncc(Cn2cc(NC(=O)c3cccc([N+](=O)[O-])c3C)cn2)c1C. The van der Waals surface area contributed by atoms with Gasteiger partial charge in [-0.3, -0.25) is 24.3 Å². The maximum absolute atomic E-state index is 12.5. The fourth-order valence-corrected chi connectivity index (χ4v) is 2.91. The minimum Gasteiger partial charge on any atom is -0.319 e. The first-order chi connectivity index (χ1) is 12.9. The molecule has 2 aromatic heterocycles. The third kappa shape index (κ3) is 3.71. The number of nitrogens with zero attached hydrogens (tertiary/aromatic N) is 5. The molecule has 0 atom stereocenters. The van der Waals surface area contributed by atoms with Gasteiger partial charge < -0.3 is 5.32 Å². The van der Waals surface area contributed by atoms with Crippen LogP contribution in [-0.2, 0) is 13.1 Å². The van der Waals surface area contributed by atoms with E-state index < -0.39 is 10.8 Å². The van der Waals surface area contributed by atoms with Gasteiger partial charge in [-0.15, -0.1) is 0 Å². The number of nitro groups is 1. The normalized spacial score (nSPS) is 10.8. The molecule has 0 radical (unpaired) electrons. The lowest BCUT2D eigenvalue weighted by Gasteiger charge is -2.06. The Labute approximate surface area is 155 Å². The second-order valence-electron chi connectivity index (χ2n) is 6.16. The van der Waals surface area contributed by atoms with Gasteiger partial charge in [0.2, 0.25) is 0 Å². The van der Waals surface area contributed by atoms with Crippen LogP contribution in [0.25, 0.3) is 0 Å². The summed E-state index contributed by atoms with van der Waals surface area (Å²) in [5, 5.41) is 22.3. The van der Waals surface area contributed by atoms with E-state index in [1.54, 1.807) is 30.1 Å². The van der Waals surface area contributed by atoms with Crippen LogP contribution in [-0.4, -0.2) is 30.4 Å². The fourth-order valence-electron chi connectivity index (χ4n) is 2.91. The largest absolute Gasteiger partial charge is 0.319 e. The highest BCUT2D eigenvalue weighted by Gasteiger charge is 2.18. The van der Waals surface area contributed by atoms with Crippen molar-refractivity contribution in [2.24, 2.45) is 0 Å². The number of aryl methyl sites for hydroxylation is 1. The summed E-state index contributed by atoms with van der Waals surface area (Å²) < 4.78 is 3.62. The number of benzene rings is 1. The molecule has 0 bridgehead atoms. The number of aromatic nitrogens is 4. The summed E-state index contributed by atoms with van der Waals surface area (Å²) in [6, 6.07) is 4.44. The van der Waals surface area contributed by atoms with Crippen molar-refractivity contribution in [1.29, 1.82) is 0 Å². The number of nitrogens with one attached hydrogen (secondary N) is 1. The molecule has 1 aromatic carbocycles. The first-order valence-electron chi connectivity index (χ1n) is 8.49.